The standard InChI is InChI=1S/C24H42N2O2S/c1-5-25(4)23-16-18-26(19-17-23)24-14-12-22(13-15-24)11-9-7-6-8-10-20-29(27,28)21(2)3/h12-15,21,23H,5-11,16-20H2,1-4H3. The average molecular weight is 423 g/mol. The molecule has 166 valence electrons. The Morgan fingerprint density at radius 2 is 1.59 bits per heavy atom. The zero-order valence-electron chi connectivity index (χ0n) is 19.1. The summed E-state index contributed by atoms with van der Waals surface area (Å²) in [5, 5.41) is -0.241. The Morgan fingerprint density at radius 1 is 1.00 bits per heavy atom. The molecule has 0 saturated carbocycles. The van der Waals surface area contributed by atoms with Crippen molar-refractivity contribution in [1.82, 2.24) is 4.90 Å². The number of nitrogens with zero attached hydrogens (tertiary/aromatic N) is 2. The van der Waals surface area contributed by atoms with Gasteiger partial charge >= 0.3 is 0 Å². The van der Waals surface area contributed by atoms with Crippen molar-refractivity contribution in [3.8, 4) is 0 Å². The second-order valence-electron chi connectivity index (χ2n) is 8.89. The minimum absolute atomic E-state index is 0.241. The molecule has 29 heavy (non-hydrogen) atoms. The van der Waals surface area contributed by atoms with Crippen LogP contribution in [0.25, 0.3) is 0 Å². The summed E-state index contributed by atoms with van der Waals surface area (Å²) in [4.78, 5) is 5.00. The van der Waals surface area contributed by atoms with Gasteiger partial charge in [0.2, 0.25) is 0 Å². The maximum atomic E-state index is 11.8. The van der Waals surface area contributed by atoms with E-state index in [2.05, 4.69) is 48.0 Å². The number of anilines is 1. The molecule has 5 heteroatoms. The summed E-state index contributed by atoms with van der Waals surface area (Å²) in [5.41, 5.74) is 2.77. The summed E-state index contributed by atoms with van der Waals surface area (Å²) >= 11 is 0. The third-order valence-corrected chi connectivity index (χ3v) is 8.79. The molecule has 0 amide bonds. The van der Waals surface area contributed by atoms with Gasteiger partial charge in [-0.15, -0.1) is 0 Å². The maximum Gasteiger partial charge on any atom is 0.152 e. The molecular formula is C24H42N2O2S. The molecule has 1 aliphatic heterocycles. The van der Waals surface area contributed by atoms with Gasteiger partial charge in [0.05, 0.1) is 11.0 Å². The van der Waals surface area contributed by atoms with Crippen molar-refractivity contribution in [2.45, 2.75) is 83.4 Å². The lowest BCUT2D eigenvalue weighted by molar-refractivity contribution is 0.218. The van der Waals surface area contributed by atoms with Crippen LogP contribution in [0.2, 0.25) is 0 Å². The maximum absolute atomic E-state index is 11.8. The van der Waals surface area contributed by atoms with E-state index in [0.717, 1.165) is 51.4 Å². The number of unbranched alkanes of at least 4 members (excludes halogenated alkanes) is 4. The van der Waals surface area contributed by atoms with Gasteiger partial charge in [0.15, 0.2) is 9.84 Å². The summed E-state index contributed by atoms with van der Waals surface area (Å²) < 4.78 is 23.6. The molecule has 0 radical (unpaired) electrons. The minimum Gasteiger partial charge on any atom is -0.371 e. The van der Waals surface area contributed by atoms with Gasteiger partial charge in [-0.25, -0.2) is 8.42 Å². The first-order valence-corrected chi connectivity index (χ1v) is 13.3. The van der Waals surface area contributed by atoms with Crippen molar-refractivity contribution in [1.29, 1.82) is 0 Å². The van der Waals surface area contributed by atoms with Crippen molar-refractivity contribution in [3.63, 3.8) is 0 Å². The van der Waals surface area contributed by atoms with E-state index < -0.39 is 9.84 Å². The summed E-state index contributed by atoms with van der Waals surface area (Å²) in [7, 11) is -0.624. The normalized spacial score (nSPS) is 16.1. The van der Waals surface area contributed by atoms with Gasteiger partial charge in [0.1, 0.15) is 0 Å². The van der Waals surface area contributed by atoms with Gasteiger partial charge in [-0.1, -0.05) is 38.3 Å². The molecule has 0 unspecified atom stereocenters. The molecule has 1 fully saturated rings. The lowest BCUT2D eigenvalue weighted by Gasteiger charge is -2.37. The summed E-state index contributed by atoms with van der Waals surface area (Å²) in [6.45, 7) is 9.22. The Kier molecular flexibility index (Phi) is 9.97. The quantitative estimate of drug-likeness (QED) is 0.448. The van der Waals surface area contributed by atoms with Crippen LogP contribution in [0.15, 0.2) is 24.3 Å². The molecule has 0 aromatic heterocycles. The first-order chi connectivity index (χ1) is 13.8. The minimum atomic E-state index is -2.86. The van der Waals surface area contributed by atoms with Crippen LogP contribution in [-0.4, -0.2) is 57.0 Å². The molecule has 1 aliphatic rings. The van der Waals surface area contributed by atoms with Crippen LogP contribution >= 0.6 is 0 Å². The largest absolute Gasteiger partial charge is 0.371 e. The van der Waals surface area contributed by atoms with E-state index in [1.165, 1.54) is 36.9 Å². The molecular weight excluding hydrogens is 380 g/mol. The lowest BCUT2D eigenvalue weighted by Crippen LogP contribution is -2.43. The van der Waals surface area contributed by atoms with Gasteiger partial charge in [-0.05, 0) is 77.2 Å². The Hall–Kier alpha value is -1.07. The third-order valence-electron chi connectivity index (χ3n) is 6.50. The fraction of sp³-hybridized carbons (Fsp3) is 0.750. The van der Waals surface area contributed by atoms with Gasteiger partial charge in [-0.2, -0.15) is 0 Å². The van der Waals surface area contributed by atoms with Crippen LogP contribution in [0, 0.1) is 0 Å². The zero-order chi connectivity index (χ0) is 21.3. The van der Waals surface area contributed by atoms with E-state index >= 15 is 0 Å². The number of rotatable bonds is 12. The molecule has 1 saturated heterocycles. The van der Waals surface area contributed by atoms with Crippen LogP contribution in [0.4, 0.5) is 5.69 Å². The lowest BCUT2D eigenvalue weighted by atomic mass is 10.0. The number of piperidine rings is 1. The Labute approximate surface area is 179 Å². The molecule has 0 bridgehead atoms. The number of sulfone groups is 1. The average Bonchev–Trinajstić information content (AvgIpc) is 2.73. The fourth-order valence-electron chi connectivity index (χ4n) is 4.09. The zero-order valence-corrected chi connectivity index (χ0v) is 19.9. The molecule has 0 atom stereocenters. The van der Waals surface area contributed by atoms with Crippen LogP contribution < -0.4 is 4.90 Å². The molecule has 2 rings (SSSR count). The molecule has 4 nitrogen and oxygen atoms in total. The van der Waals surface area contributed by atoms with Crippen molar-refractivity contribution in [3.05, 3.63) is 29.8 Å². The molecule has 0 aliphatic carbocycles. The second kappa shape index (κ2) is 11.9. The first-order valence-electron chi connectivity index (χ1n) is 11.6. The number of aryl methyl sites for hydroxylation is 1. The third kappa shape index (κ3) is 7.93. The topological polar surface area (TPSA) is 40.6 Å². The SMILES string of the molecule is CCN(C)C1CCN(c2ccc(CCCCCCCS(=O)(=O)C(C)C)cc2)CC1. The van der Waals surface area contributed by atoms with Crippen LogP contribution in [0.3, 0.4) is 0 Å². The van der Waals surface area contributed by atoms with E-state index in [-0.39, 0.29) is 5.25 Å². The molecule has 1 heterocycles. The molecule has 0 spiro atoms. The van der Waals surface area contributed by atoms with Crippen molar-refractivity contribution < 1.29 is 8.42 Å². The number of hydrogen-bond donors (Lipinski definition) is 0. The first kappa shape index (κ1) is 24.2. The number of hydrogen-bond acceptors (Lipinski definition) is 4. The van der Waals surface area contributed by atoms with Gasteiger partial charge in [-0.3, -0.25) is 0 Å². The van der Waals surface area contributed by atoms with Crippen molar-refractivity contribution >= 4 is 15.5 Å². The summed E-state index contributed by atoms with van der Waals surface area (Å²) in [6, 6.07) is 9.89. The van der Waals surface area contributed by atoms with Gasteiger partial charge in [0.25, 0.3) is 0 Å². The molecule has 1 aromatic carbocycles. The van der Waals surface area contributed by atoms with Crippen molar-refractivity contribution in [2.75, 3.05) is 37.3 Å². The summed E-state index contributed by atoms with van der Waals surface area (Å²) in [6.07, 6.45) is 8.96. The van der Waals surface area contributed by atoms with E-state index in [4.69, 9.17) is 0 Å². The van der Waals surface area contributed by atoms with Crippen LogP contribution in [0.5, 0.6) is 0 Å². The Morgan fingerprint density at radius 3 is 2.17 bits per heavy atom. The monoisotopic (exact) mass is 422 g/mol. The van der Waals surface area contributed by atoms with Gasteiger partial charge in [0, 0.05) is 24.8 Å². The molecule has 1 aromatic rings. The highest BCUT2D eigenvalue weighted by Crippen LogP contribution is 2.23. The molecule has 0 N–H and O–H groups in total. The Bertz CT molecular complexity index is 677. The Balaban J connectivity index is 1.62. The summed E-state index contributed by atoms with van der Waals surface area (Å²) in [5.74, 6) is 0.345. The second-order valence-corrected chi connectivity index (χ2v) is 11.6. The predicted molar refractivity (Wildman–Crippen MR) is 126 cm³/mol. The van der Waals surface area contributed by atoms with E-state index in [9.17, 15) is 8.42 Å². The van der Waals surface area contributed by atoms with E-state index in [1.54, 1.807) is 13.8 Å². The van der Waals surface area contributed by atoms with Gasteiger partial charge < -0.3 is 9.80 Å². The van der Waals surface area contributed by atoms with Crippen molar-refractivity contribution in [2.24, 2.45) is 0 Å². The number of benzene rings is 1. The fourth-order valence-corrected chi connectivity index (χ4v) is 5.17. The highest BCUT2D eigenvalue weighted by atomic mass is 32.2. The highest BCUT2D eigenvalue weighted by Gasteiger charge is 2.21. The van der Waals surface area contributed by atoms with E-state index in [1.807, 2.05) is 0 Å². The van der Waals surface area contributed by atoms with Crippen LogP contribution in [-0.2, 0) is 16.3 Å². The highest BCUT2D eigenvalue weighted by molar-refractivity contribution is 7.91. The smallest absolute Gasteiger partial charge is 0.152 e. The predicted octanol–water partition coefficient (Wildman–Crippen LogP) is 4.92. The van der Waals surface area contributed by atoms with Crippen LogP contribution in [0.1, 0.15) is 71.3 Å². The van der Waals surface area contributed by atoms with E-state index in [0.29, 0.717) is 5.75 Å².